The largest absolute Gasteiger partial charge is 0.389 e. The van der Waals surface area contributed by atoms with Gasteiger partial charge in [-0.3, -0.25) is 0 Å². The molecular formula is C25H33F3N8OS. The zero-order valence-corrected chi connectivity index (χ0v) is 21.8. The van der Waals surface area contributed by atoms with E-state index in [0.29, 0.717) is 30.2 Å². The number of nitrogens with zero attached hydrogens (tertiary/aromatic N) is 6. The molecule has 0 bridgehead atoms. The summed E-state index contributed by atoms with van der Waals surface area (Å²) in [5.41, 5.74) is 1.50. The van der Waals surface area contributed by atoms with Crippen molar-refractivity contribution in [1.29, 1.82) is 0 Å². The number of aryl methyl sites for hydroxylation is 1. The summed E-state index contributed by atoms with van der Waals surface area (Å²) in [5.74, 6) is 1.78. The molecule has 38 heavy (non-hydrogen) atoms. The molecule has 9 nitrogen and oxygen atoms in total. The van der Waals surface area contributed by atoms with Gasteiger partial charge in [-0.2, -0.15) is 35.4 Å². The predicted molar refractivity (Wildman–Crippen MR) is 140 cm³/mol. The maximum atomic E-state index is 12.2. The standard InChI is InChI=1S/C25H33F3N8OS/c26-25(27,28)16-10-8-6-4-2-1-3-5-7-9-14-21(38-17-15-22-29-33-34-30-22)23(37)19-12-11-13-20(18-19)24-31-35-36-32-24/h5,7,9,11-14,18,21,23,37H,1-4,6,8,10,15-17H2,(H,29,30,33,34)(H,31,32,35,36)/b7-5-,14-9+/t21-,23+/m0/s1. The van der Waals surface area contributed by atoms with E-state index in [4.69, 9.17) is 0 Å². The number of rotatable bonds is 17. The van der Waals surface area contributed by atoms with E-state index in [1.54, 1.807) is 11.8 Å². The Balaban J connectivity index is 1.47. The fourth-order valence-electron chi connectivity index (χ4n) is 3.81. The number of hydrogen-bond donors (Lipinski definition) is 3. The summed E-state index contributed by atoms with van der Waals surface area (Å²) in [6.45, 7) is 0. The van der Waals surface area contributed by atoms with E-state index in [1.165, 1.54) is 0 Å². The molecule has 3 aromatic rings. The molecule has 1 aromatic carbocycles. The van der Waals surface area contributed by atoms with Crippen LogP contribution in [0.4, 0.5) is 13.2 Å². The predicted octanol–water partition coefficient (Wildman–Crippen LogP) is 5.55. The van der Waals surface area contributed by atoms with Gasteiger partial charge in [-0.1, -0.05) is 73.4 Å². The molecule has 0 aliphatic rings. The number of aliphatic hydroxyl groups excluding tert-OH is 1. The normalized spacial score (nSPS) is 14.0. The van der Waals surface area contributed by atoms with Crippen molar-refractivity contribution in [1.82, 2.24) is 41.2 Å². The Morgan fingerprint density at radius 3 is 2.45 bits per heavy atom. The van der Waals surface area contributed by atoms with Crippen LogP contribution in [0.15, 0.2) is 48.6 Å². The number of nitrogens with one attached hydrogen (secondary N) is 2. The summed E-state index contributed by atoms with van der Waals surface area (Å²) in [6.07, 6.45) is 8.63. The molecule has 13 heteroatoms. The lowest BCUT2D eigenvalue weighted by Crippen LogP contribution is -2.14. The van der Waals surface area contributed by atoms with E-state index in [-0.39, 0.29) is 11.7 Å². The van der Waals surface area contributed by atoms with Gasteiger partial charge in [0.25, 0.3) is 0 Å². The highest BCUT2D eigenvalue weighted by atomic mass is 32.2. The third kappa shape index (κ3) is 11.1. The number of benzene rings is 1. The topological polar surface area (TPSA) is 129 Å². The first-order valence-electron chi connectivity index (χ1n) is 12.7. The molecule has 0 aliphatic heterocycles. The van der Waals surface area contributed by atoms with Gasteiger partial charge in [0, 0.05) is 24.2 Å². The van der Waals surface area contributed by atoms with Crippen molar-refractivity contribution >= 4 is 11.8 Å². The highest BCUT2D eigenvalue weighted by molar-refractivity contribution is 8.00. The summed E-state index contributed by atoms with van der Waals surface area (Å²) in [4.78, 5) is 0. The first-order valence-corrected chi connectivity index (χ1v) is 13.7. The van der Waals surface area contributed by atoms with Gasteiger partial charge in [-0.25, -0.2) is 0 Å². The Kier molecular flexibility index (Phi) is 12.4. The minimum Gasteiger partial charge on any atom is -0.387 e. The van der Waals surface area contributed by atoms with Crippen molar-refractivity contribution in [3.05, 3.63) is 60.0 Å². The van der Waals surface area contributed by atoms with Gasteiger partial charge in [0.2, 0.25) is 5.82 Å². The molecule has 0 fully saturated rings. The van der Waals surface area contributed by atoms with Gasteiger partial charge in [-0.15, -0.1) is 20.4 Å². The summed E-state index contributed by atoms with van der Waals surface area (Å²) in [5, 5.41) is 39.0. The smallest absolute Gasteiger partial charge is 0.387 e. The van der Waals surface area contributed by atoms with Crippen molar-refractivity contribution in [2.45, 2.75) is 75.3 Å². The number of aromatic amines is 2. The van der Waals surface area contributed by atoms with E-state index in [2.05, 4.69) is 47.3 Å². The zero-order chi connectivity index (χ0) is 27.1. The Labute approximate surface area is 223 Å². The van der Waals surface area contributed by atoms with Crippen LogP contribution in [0, 0.1) is 0 Å². The number of H-pyrrole nitrogens is 2. The fourth-order valence-corrected chi connectivity index (χ4v) is 4.92. The van der Waals surface area contributed by atoms with E-state index in [1.807, 2.05) is 42.5 Å². The lowest BCUT2D eigenvalue weighted by atomic mass is 10.0. The highest BCUT2D eigenvalue weighted by Crippen LogP contribution is 2.30. The van der Waals surface area contributed by atoms with Crippen LogP contribution in [0.3, 0.4) is 0 Å². The molecule has 0 radical (unpaired) electrons. The van der Waals surface area contributed by atoms with Crippen molar-refractivity contribution in [3.8, 4) is 11.4 Å². The quantitative estimate of drug-likeness (QED) is 0.147. The number of allylic oxidation sites excluding steroid dienone is 3. The van der Waals surface area contributed by atoms with Gasteiger partial charge in [0.1, 0.15) is 0 Å². The first kappa shape index (κ1) is 29.5. The molecule has 0 saturated carbocycles. The Bertz CT molecular complexity index is 1090. The molecule has 2 atom stereocenters. The van der Waals surface area contributed by atoms with Crippen LogP contribution >= 0.6 is 11.8 Å². The molecule has 206 valence electrons. The first-order chi connectivity index (χ1) is 18.4. The van der Waals surface area contributed by atoms with Crippen LogP contribution in [-0.4, -0.2) is 63.5 Å². The minimum absolute atomic E-state index is 0.218. The summed E-state index contributed by atoms with van der Waals surface area (Å²) in [7, 11) is 0. The highest BCUT2D eigenvalue weighted by Gasteiger charge is 2.25. The molecule has 3 rings (SSSR count). The number of aliphatic hydroxyl groups is 1. The maximum absolute atomic E-state index is 12.2. The lowest BCUT2D eigenvalue weighted by molar-refractivity contribution is -0.135. The van der Waals surface area contributed by atoms with Crippen molar-refractivity contribution in [3.63, 3.8) is 0 Å². The van der Waals surface area contributed by atoms with E-state index < -0.39 is 18.7 Å². The number of alkyl halides is 3. The monoisotopic (exact) mass is 550 g/mol. The number of tetrazole rings is 2. The summed E-state index contributed by atoms with van der Waals surface area (Å²) in [6, 6.07) is 7.44. The second kappa shape index (κ2) is 16.0. The second-order valence-corrected chi connectivity index (χ2v) is 10.1. The minimum atomic E-state index is -4.04. The maximum Gasteiger partial charge on any atom is 0.389 e. The number of hydrogen-bond acceptors (Lipinski definition) is 8. The average molecular weight is 551 g/mol. The molecule has 0 aliphatic carbocycles. The average Bonchev–Trinajstić information content (AvgIpc) is 3.62. The molecule has 0 saturated heterocycles. The number of thioether (sulfide) groups is 1. The SMILES string of the molecule is O[C@H](c1cccc(-c2nn[nH]n2)c1)[C@H](/C=C/C=C\CCCCCCCCC(F)(F)F)SCCc1nn[nH]n1. The lowest BCUT2D eigenvalue weighted by Gasteiger charge is -2.20. The van der Waals surface area contributed by atoms with E-state index in [9.17, 15) is 18.3 Å². The van der Waals surface area contributed by atoms with Crippen LogP contribution in [0.25, 0.3) is 11.4 Å². The van der Waals surface area contributed by atoms with Gasteiger partial charge < -0.3 is 5.11 Å². The van der Waals surface area contributed by atoms with Gasteiger partial charge in [-0.05, 0) is 36.1 Å². The molecule has 3 N–H and O–H groups in total. The van der Waals surface area contributed by atoms with Crippen LogP contribution in [-0.2, 0) is 6.42 Å². The Morgan fingerprint density at radius 1 is 0.947 bits per heavy atom. The Hall–Kier alpha value is -3.06. The molecular weight excluding hydrogens is 517 g/mol. The van der Waals surface area contributed by atoms with Gasteiger partial charge in [0.05, 0.1) is 11.4 Å². The fraction of sp³-hybridized carbons (Fsp3) is 0.520. The summed E-state index contributed by atoms with van der Waals surface area (Å²) < 4.78 is 36.5. The third-order valence-electron chi connectivity index (χ3n) is 5.80. The number of unbranched alkanes of at least 4 members (excludes halogenated alkanes) is 6. The Morgan fingerprint density at radius 2 is 1.71 bits per heavy atom. The van der Waals surface area contributed by atoms with E-state index in [0.717, 1.165) is 43.2 Å². The van der Waals surface area contributed by atoms with Gasteiger partial charge in [0.15, 0.2) is 5.82 Å². The zero-order valence-electron chi connectivity index (χ0n) is 21.0. The molecule has 0 spiro atoms. The third-order valence-corrected chi connectivity index (χ3v) is 7.04. The number of halogens is 3. The summed E-state index contributed by atoms with van der Waals surface area (Å²) >= 11 is 1.60. The van der Waals surface area contributed by atoms with Crippen LogP contribution in [0.1, 0.15) is 68.9 Å². The molecule has 0 amide bonds. The van der Waals surface area contributed by atoms with Crippen molar-refractivity contribution in [2.75, 3.05) is 5.75 Å². The number of aromatic nitrogens is 8. The van der Waals surface area contributed by atoms with Crippen molar-refractivity contribution in [2.24, 2.45) is 0 Å². The molecule has 2 heterocycles. The van der Waals surface area contributed by atoms with Crippen molar-refractivity contribution < 1.29 is 18.3 Å². The molecule has 0 unspecified atom stereocenters. The molecule has 2 aromatic heterocycles. The van der Waals surface area contributed by atoms with Crippen LogP contribution < -0.4 is 0 Å². The second-order valence-electron chi connectivity index (χ2n) is 8.81. The van der Waals surface area contributed by atoms with Crippen LogP contribution in [0.5, 0.6) is 0 Å². The van der Waals surface area contributed by atoms with Gasteiger partial charge >= 0.3 is 6.18 Å². The van der Waals surface area contributed by atoms with Crippen LogP contribution in [0.2, 0.25) is 0 Å². The van der Waals surface area contributed by atoms with E-state index >= 15 is 0 Å².